The molecule has 0 spiro atoms. The monoisotopic (exact) mass is 634 g/mol. The number of amides is 1. The summed E-state index contributed by atoms with van der Waals surface area (Å²) in [5.74, 6) is -4.33. The molecule has 1 aliphatic heterocycles. The van der Waals surface area contributed by atoms with Gasteiger partial charge in [0, 0.05) is 37.9 Å². The quantitative estimate of drug-likeness (QED) is 0.195. The van der Waals surface area contributed by atoms with Gasteiger partial charge in [0.1, 0.15) is 23.4 Å². The molecule has 4 aromatic rings. The molecule has 0 aliphatic carbocycles. The van der Waals surface area contributed by atoms with E-state index in [0.717, 1.165) is 28.0 Å². The lowest BCUT2D eigenvalue weighted by molar-refractivity contribution is -0.139. The summed E-state index contributed by atoms with van der Waals surface area (Å²) in [5, 5.41) is 14.1. The summed E-state index contributed by atoms with van der Waals surface area (Å²) in [4.78, 5) is 27.3. The third-order valence-electron chi connectivity index (χ3n) is 8.59. The maximum Gasteiger partial charge on any atom is 0.326 e. The fraction of sp³-hybridized carbons (Fsp3) is 0.333. The van der Waals surface area contributed by atoms with Crippen molar-refractivity contribution in [3.63, 3.8) is 0 Å². The summed E-state index contributed by atoms with van der Waals surface area (Å²) in [5.41, 5.74) is 3.15. The van der Waals surface area contributed by atoms with Gasteiger partial charge >= 0.3 is 5.97 Å². The van der Waals surface area contributed by atoms with Gasteiger partial charge < -0.3 is 19.9 Å². The number of fused-ring (bicyclic) bond motifs is 1. The van der Waals surface area contributed by atoms with Crippen molar-refractivity contribution in [3.05, 3.63) is 94.8 Å². The van der Waals surface area contributed by atoms with Crippen LogP contribution in [-0.4, -0.2) is 61.2 Å². The molecule has 0 aromatic heterocycles. The second kappa shape index (κ2) is 13.8. The highest BCUT2D eigenvalue weighted by molar-refractivity contribution is 6.02. The lowest BCUT2D eigenvalue weighted by Crippen LogP contribution is -2.42. The minimum atomic E-state index is -2.66. The summed E-state index contributed by atoms with van der Waals surface area (Å²) in [7, 11) is 3.12. The van der Waals surface area contributed by atoms with E-state index in [1.807, 2.05) is 47.4 Å². The highest BCUT2D eigenvalue weighted by Crippen LogP contribution is 2.44. The first-order valence-corrected chi connectivity index (χ1v) is 15.2. The highest BCUT2D eigenvalue weighted by atomic mass is 19.3. The molecule has 5 rings (SSSR count). The van der Waals surface area contributed by atoms with Crippen molar-refractivity contribution in [2.24, 2.45) is 0 Å². The molecule has 1 saturated heterocycles. The van der Waals surface area contributed by atoms with Crippen molar-refractivity contribution in [1.82, 2.24) is 10.2 Å². The van der Waals surface area contributed by atoms with Gasteiger partial charge in [-0.2, -0.15) is 0 Å². The van der Waals surface area contributed by atoms with Gasteiger partial charge in [-0.1, -0.05) is 54.6 Å². The summed E-state index contributed by atoms with van der Waals surface area (Å²) in [6.45, 7) is 2.83. The number of carbonyl (C=O) groups is 2. The Morgan fingerprint density at radius 1 is 0.935 bits per heavy atom. The molecule has 0 unspecified atom stereocenters. The molecule has 10 heteroatoms. The van der Waals surface area contributed by atoms with Gasteiger partial charge in [0.05, 0.1) is 25.3 Å². The number of aryl methyl sites for hydroxylation is 1. The van der Waals surface area contributed by atoms with Crippen LogP contribution in [0, 0.1) is 12.7 Å². The number of nitrogens with zero attached hydrogens (tertiary/aromatic N) is 1. The Morgan fingerprint density at radius 3 is 2.39 bits per heavy atom. The predicted octanol–water partition coefficient (Wildman–Crippen LogP) is 7.02. The van der Waals surface area contributed by atoms with Gasteiger partial charge in [-0.25, -0.2) is 18.0 Å². The van der Waals surface area contributed by atoms with E-state index in [9.17, 15) is 27.9 Å². The van der Waals surface area contributed by atoms with Gasteiger partial charge in [0.2, 0.25) is 5.92 Å². The van der Waals surface area contributed by atoms with E-state index in [1.54, 1.807) is 33.3 Å². The van der Waals surface area contributed by atoms with Crippen molar-refractivity contribution >= 4 is 22.6 Å². The van der Waals surface area contributed by atoms with Crippen LogP contribution in [0.5, 0.6) is 11.5 Å². The Balaban J connectivity index is 1.51. The molecular weight excluding hydrogens is 597 g/mol. The number of hydrogen-bond donors (Lipinski definition) is 2. The lowest BCUT2D eigenvalue weighted by atomic mass is 9.91. The van der Waals surface area contributed by atoms with Crippen LogP contribution < -0.4 is 14.8 Å². The SMILES string of the molecule is COc1ccc(CN2CCCC(F)(F)CC2)c(OC)c1-c1cccc2c(C[C@H](NC(=O)c3c(C)cccc3F)C(=O)O)cccc12. The van der Waals surface area contributed by atoms with Crippen LogP contribution in [-0.2, 0) is 17.8 Å². The number of carboxylic acids is 1. The standard InChI is InChI=1S/C36H37F3N2O5/c1-22-8-4-13-28(37)31(22)34(42)40-29(35(43)44)20-23-9-5-11-26-25(23)10-6-12-27(26)32-30(45-2)15-14-24(33(32)46-3)21-41-18-7-16-36(38,39)17-19-41/h4-6,8-15,29H,7,16-21H2,1-3H3,(H,40,42)(H,43,44)/t29-/m0/s1. The molecule has 1 amide bonds. The average Bonchev–Trinajstić information content (AvgIpc) is 3.19. The minimum Gasteiger partial charge on any atom is -0.496 e. The average molecular weight is 635 g/mol. The molecule has 7 nitrogen and oxygen atoms in total. The van der Waals surface area contributed by atoms with Crippen LogP contribution in [0.1, 0.15) is 46.3 Å². The zero-order chi connectivity index (χ0) is 33.0. The first-order chi connectivity index (χ1) is 22.0. The van der Waals surface area contributed by atoms with Gasteiger partial charge in [-0.05, 0) is 59.5 Å². The smallest absolute Gasteiger partial charge is 0.326 e. The van der Waals surface area contributed by atoms with Crippen molar-refractivity contribution < 1.29 is 37.3 Å². The molecule has 1 aliphatic rings. The number of methoxy groups -OCH3 is 2. The normalized spacial score (nSPS) is 15.6. The third-order valence-corrected chi connectivity index (χ3v) is 8.59. The van der Waals surface area contributed by atoms with Crippen LogP contribution in [0.3, 0.4) is 0 Å². The Hall–Kier alpha value is -4.57. The number of nitrogens with one attached hydrogen (secondary N) is 1. The van der Waals surface area contributed by atoms with E-state index >= 15 is 0 Å². The molecule has 4 aromatic carbocycles. The molecule has 46 heavy (non-hydrogen) atoms. The van der Waals surface area contributed by atoms with Crippen molar-refractivity contribution in [3.8, 4) is 22.6 Å². The van der Waals surface area contributed by atoms with E-state index in [0.29, 0.717) is 47.7 Å². The van der Waals surface area contributed by atoms with Gasteiger partial charge in [-0.15, -0.1) is 0 Å². The first-order valence-electron chi connectivity index (χ1n) is 15.2. The van der Waals surface area contributed by atoms with E-state index < -0.39 is 29.7 Å². The van der Waals surface area contributed by atoms with Crippen LogP contribution >= 0.6 is 0 Å². The van der Waals surface area contributed by atoms with Crippen LogP contribution in [0.2, 0.25) is 0 Å². The largest absolute Gasteiger partial charge is 0.496 e. The number of hydrogen-bond acceptors (Lipinski definition) is 5. The van der Waals surface area contributed by atoms with Crippen LogP contribution in [0.4, 0.5) is 13.2 Å². The Morgan fingerprint density at radius 2 is 1.67 bits per heavy atom. The number of likely N-dealkylation sites (tertiary alicyclic amines) is 1. The summed E-state index contributed by atoms with van der Waals surface area (Å²) in [6.07, 6.45) is 0.0372. The molecule has 1 atom stereocenters. The number of alkyl halides is 2. The topological polar surface area (TPSA) is 88.1 Å². The molecule has 0 bridgehead atoms. The zero-order valence-corrected chi connectivity index (χ0v) is 26.0. The molecule has 1 heterocycles. The van der Waals surface area contributed by atoms with Crippen LogP contribution in [0.15, 0.2) is 66.7 Å². The summed E-state index contributed by atoms with van der Waals surface area (Å²) in [6, 6.07) is 17.8. The van der Waals surface area contributed by atoms with Gasteiger partial charge in [-0.3, -0.25) is 9.69 Å². The third kappa shape index (κ3) is 6.97. The van der Waals surface area contributed by atoms with Crippen molar-refractivity contribution in [1.29, 1.82) is 0 Å². The van der Waals surface area contributed by atoms with Crippen molar-refractivity contribution in [2.75, 3.05) is 27.3 Å². The van der Waals surface area contributed by atoms with Crippen LogP contribution in [0.25, 0.3) is 21.9 Å². The molecule has 1 fully saturated rings. The lowest BCUT2D eigenvalue weighted by Gasteiger charge is -2.24. The van der Waals surface area contributed by atoms with E-state index in [-0.39, 0.29) is 31.4 Å². The second-order valence-electron chi connectivity index (χ2n) is 11.6. The second-order valence-corrected chi connectivity index (χ2v) is 11.6. The maximum atomic E-state index is 14.5. The van der Waals surface area contributed by atoms with E-state index in [2.05, 4.69) is 5.32 Å². The Kier molecular flexibility index (Phi) is 9.86. The fourth-order valence-electron chi connectivity index (χ4n) is 6.25. The molecule has 0 radical (unpaired) electrons. The van der Waals surface area contributed by atoms with Gasteiger partial charge in [0.15, 0.2) is 0 Å². The maximum absolute atomic E-state index is 14.5. The number of aliphatic carboxylic acids is 1. The summed E-state index contributed by atoms with van der Waals surface area (Å²) < 4.78 is 54.3. The number of carbonyl (C=O) groups excluding carboxylic acids is 1. The minimum absolute atomic E-state index is 0.0523. The molecular formula is C36H37F3N2O5. The van der Waals surface area contributed by atoms with Crippen molar-refractivity contribution in [2.45, 2.75) is 51.1 Å². The number of ether oxygens (including phenoxy) is 2. The summed E-state index contributed by atoms with van der Waals surface area (Å²) >= 11 is 0. The number of benzene rings is 4. The Labute approximate surface area is 265 Å². The van der Waals surface area contributed by atoms with E-state index in [4.69, 9.17) is 9.47 Å². The molecule has 0 saturated carbocycles. The fourth-order valence-corrected chi connectivity index (χ4v) is 6.25. The first kappa shape index (κ1) is 32.8. The predicted molar refractivity (Wildman–Crippen MR) is 170 cm³/mol. The number of carboxylic acid groups (broad SMARTS) is 1. The van der Waals surface area contributed by atoms with Gasteiger partial charge in [0.25, 0.3) is 5.91 Å². The molecule has 2 N–H and O–H groups in total. The number of halogens is 3. The Bertz CT molecular complexity index is 1740. The van der Waals surface area contributed by atoms with E-state index in [1.165, 1.54) is 6.07 Å². The molecule has 242 valence electrons. The highest BCUT2D eigenvalue weighted by Gasteiger charge is 2.32. The number of rotatable bonds is 10. The zero-order valence-electron chi connectivity index (χ0n) is 26.0.